The second-order valence-electron chi connectivity index (χ2n) is 6.80. The molecule has 11 heteroatoms. The van der Waals surface area contributed by atoms with Crippen LogP contribution in [0, 0.1) is 5.92 Å². The summed E-state index contributed by atoms with van der Waals surface area (Å²) in [5, 5.41) is 21.1. The van der Waals surface area contributed by atoms with Crippen LogP contribution in [0.2, 0.25) is 0 Å². The van der Waals surface area contributed by atoms with E-state index in [0.29, 0.717) is 12.1 Å². The topological polar surface area (TPSA) is 122 Å². The summed E-state index contributed by atoms with van der Waals surface area (Å²) in [5.41, 5.74) is 1.43. The molecule has 2 atom stereocenters. The Labute approximate surface area is 157 Å². The Morgan fingerprint density at radius 3 is 2.56 bits per heavy atom. The number of amides is 1. The van der Waals surface area contributed by atoms with Crippen LogP contribution >= 0.6 is 0 Å². The molecule has 1 aromatic heterocycles. The fourth-order valence-electron chi connectivity index (χ4n) is 2.98. The molecule has 10 nitrogen and oxygen atoms in total. The zero-order valence-corrected chi connectivity index (χ0v) is 15.9. The predicted molar refractivity (Wildman–Crippen MR) is 96.2 cm³/mol. The van der Waals surface area contributed by atoms with Crippen LogP contribution in [0.25, 0.3) is 0 Å². The van der Waals surface area contributed by atoms with Gasteiger partial charge in [-0.15, -0.1) is 5.10 Å². The fraction of sp³-hybridized carbons (Fsp3) is 0.500. The number of likely N-dealkylation sites (tertiary alicyclic amines) is 1. The highest BCUT2D eigenvalue weighted by Gasteiger charge is 2.37. The lowest BCUT2D eigenvalue weighted by atomic mass is 10.1. The first-order valence-corrected chi connectivity index (χ1v) is 10.0. The van der Waals surface area contributed by atoms with Crippen LogP contribution in [-0.4, -0.2) is 87.9 Å². The van der Waals surface area contributed by atoms with Crippen molar-refractivity contribution in [3.8, 4) is 0 Å². The average Bonchev–Trinajstić information content (AvgIpc) is 3.25. The average molecular weight is 394 g/mol. The van der Waals surface area contributed by atoms with E-state index in [1.54, 1.807) is 16.8 Å². The Morgan fingerprint density at radius 2 is 1.96 bits per heavy atom. The molecule has 0 bridgehead atoms. The first kappa shape index (κ1) is 19.4. The Balaban J connectivity index is 1.64. The van der Waals surface area contributed by atoms with Gasteiger partial charge in [-0.1, -0.05) is 12.1 Å². The number of aromatic nitrogens is 4. The van der Waals surface area contributed by atoms with Gasteiger partial charge in [0.05, 0.1) is 18.4 Å². The van der Waals surface area contributed by atoms with Crippen LogP contribution in [0.4, 0.5) is 0 Å². The summed E-state index contributed by atoms with van der Waals surface area (Å²) in [4.78, 5) is 14.2. The molecule has 1 fully saturated rings. The van der Waals surface area contributed by atoms with Crippen LogP contribution in [0.5, 0.6) is 0 Å². The van der Waals surface area contributed by atoms with Gasteiger partial charge in [0.15, 0.2) is 0 Å². The van der Waals surface area contributed by atoms with Crippen molar-refractivity contribution in [3.05, 3.63) is 41.7 Å². The van der Waals surface area contributed by atoms with Crippen molar-refractivity contribution in [3.63, 3.8) is 0 Å². The Hall–Kier alpha value is -2.37. The minimum Gasteiger partial charge on any atom is -0.391 e. The normalized spacial score (nSPS) is 20.4. The molecule has 1 saturated heterocycles. The van der Waals surface area contributed by atoms with Crippen molar-refractivity contribution in [1.29, 1.82) is 0 Å². The van der Waals surface area contributed by atoms with Gasteiger partial charge in [-0.3, -0.25) is 4.79 Å². The third-order valence-electron chi connectivity index (χ3n) is 4.61. The van der Waals surface area contributed by atoms with Gasteiger partial charge in [0.25, 0.3) is 5.91 Å². The van der Waals surface area contributed by atoms with Gasteiger partial charge < -0.3 is 10.0 Å². The maximum Gasteiger partial charge on any atom is 0.253 e. The largest absolute Gasteiger partial charge is 0.391 e. The highest BCUT2D eigenvalue weighted by Crippen LogP contribution is 2.22. The van der Waals surface area contributed by atoms with E-state index in [4.69, 9.17) is 0 Å². The summed E-state index contributed by atoms with van der Waals surface area (Å²) in [6, 6.07) is 7.04. The lowest BCUT2D eigenvalue weighted by Crippen LogP contribution is -2.33. The smallest absolute Gasteiger partial charge is 0.253 e. The molecule has 1 amide bonds. The summed E-state index contributed by atoms with van der Waals surface area (Å²) in [5.74, 6) is -0.913. The van der Waals surface area contributed by atoms with Gasteiger partial charge in [-0.05, 0) is 28.1 Å². The molecule has 27 heavy (non-hydrogen) atoms. The molecule has 146 valence electrons. The molecule has 1 aromatic carbocycles. The number of aliphatic hydroxyl groups is 1. The molecule has 1 N–H and O–H groups in total. The molecule has 2 aromatic rings. The minimum absolute atomic E-state index is 0.124. The highest BCUT2D eigenvalue weighted by atomic mass is 32.2. The number of β-amino-alcohol motifs (C(OH)–C–C–N with tert-alkyl or cyclic N) is 1. The van der Waals surface area contributed by atoms with E-state index in [0.717, 1.165) is 9.87 Å². The van der Waals surface area contributed by atoms with E-state index in [9.17, 15) is 18.3 Å². The Morgan fingerprint density at radius 1 is 1.26 bits per heavy atom. The van der Waals surface area contributed by atoms with Gasteiger partial charge in [0.1, 0.15) is 6.33 Å². The Bertz CT molecular complexity index is 882. The Kier molecular flexibility index (Phi) is 5.53. The van der Waals surface area contributed by atoms with Crippen LogP contribution in [-0.2, 0) is 16.6 Å². The maximum absolute atomic E-state index is 12.7. The SMILES string of the molecule is CN(C)S(=O)(=O)C[C@@H]1CN(C(=O)c2ccc(Cn3cnnn3)cc2)C[C@@H]1O. The molecule has 0 spiro atoms. The number of sulfonamides is 1. The number of carbonyl (C=O) groups excluding carboxylic acids is 1. The second kappa shape index (κ2) is 7.71. The van der Waals surface area contributed by atoms with Crippen LogP contribution < -0.4 is 0 Å². The van der Waals surface area contributed by atoms with Crippen molar-refractivity contribution in [2.75, 3.05) is 32.9 Å². The van der Waals surface area contributed by atoms with Gasteiger partial charge in [0, 0.05) is 38.7 Å². The second-order valence-corrected chi connectivity index (χ2v) is 9.03. The van der Waals surface area contributed by atoms with Gasteiger partial charge in [-0.2, -0.15) is 0 Å². The van der Waals surface area contributed by atoms with Gasteiger partial charge in [-0.25, -0.2) is 17.4 Å². The van der Waals surface area contributed by atoms with E-state index in [2.05, 4.69) is 15.5 Å². The number of aliphatic hydroxyl groups excluding tert-OH is 1. The van der Waals surface area contributed by atoms with Gasteiger partial charge in [0.2, 0.25) is 10.0 Å². The summed E-state index contributed by atoms with van der Waals surface area (Å²) >= 11 is 0. The first-order chi connectivity index (χ1) is 12.8. The molecule has 2 heterocycles. The molecule has 0 saturated carbocycles. The van der Waals surface area contributed by atoms with Crippen molar-refractivity contribution >= 4 is 15.9 Å². The van der Waals surface area contributed by atoms with Gasteiger partial charge >= 0.3 is 0 Å². The van der Waals surface area contributed by atoms with Crippen molar-refractivity contribution in [2.24, 2.45) is 5.92 Å². The third kappa shape index (κ3) is 4.49. The van der Waals surface area contributed by atoms with E-state index in [1.807, 2.05) is 12.1 Å². The number of hydrogen-bond donors (Lipinski definition) is 1. The number of benzene rings is 1. The fourth-order valence-corrected chi connectivity index (χ4v) is 4.15. The van der Waals surface area contributed by atoms with Crippen LogP contribution in [0.1, 0.15) is 15.9 Å². The van der Waals surface area contributed by atoms with Crippen molar-refractivity contribution in [2.45, 2.75) is 12.6 Å². The molecular weight excluding hydrogens is 372 g/mol. The summed E-state index contributed by atoms with van der Waals surface area (Å²) < 4.78 is 26.8. The minimum atomic E-state index is -3.44. The first-order valence-electron chi connectivity index (χ1n) is 8.43. The quantitative estimate of drug-likeness (QED) is 0.670. The van der Waals surface area contributed by atoms with E-state index < -0.39 is 22.0 Å². The number of carbonyl (C=O) groups is 1. The molecule has 0 unspecified atom stereocenters. The van der Waals surface area contributed by atoms with Crippen LogP contribution in [0.3, 0.4) is 0 Å². The monoisotopic (exact) mass is 394 g/mol. The number of hydrogen-bond acceptors (Lipinski definition) is 7. The van der Waals surface area contributed by atoms with Crippen molar-refractivity contribution in [1.82, 2.24) is 29.4 Å². The number of nitrogens with zero attached hydrogens (tertiary/aromatic N) is 6. The van der Waals surface area contributed by atoms with Crippen molar-refractivity contribution < 1.29 is 18.3 Å². The van der Waals surface area contributed by atoms with E-state index >= 15 is 0 Å². The number of tetrazole rings is 1. The number of rotatable bonds is 6. The summed E-state index contributed by atoms with van der Waals surface area (Å²) in [6.07, 6.45) is 0.648. The molecule has 3 rings (SSSR count). The predicted octanol–water partition coefficient (Wildman–Crippen LogP) is -0.954. The highest BCUT2D eigenvalue weighted by molar-refractivity contribution is 7.89. The molecular formula is C16H22N6O4S. The zero-order valence-electron chi connectivity index (χ0n) is 15.1. The molecule has 0 radical (unpaired) electrons. The standard InChI is InChI=1S/C16H22N6O4S/c1-20(2)27(25,26)10-14-8-21(9-15(14)23)16(24)13-5-3-12(4-6-13)7-22-11-17-18-19-22/h3-6,11,14-15,23H,7-10H2,1-2H3/t14-,15-/m0/s1. The third-order valence-corrected chi connectivity index (χ3v) is 6.57. The zero-order chi connectivity index (χ0) is 19.6. The summed E-state index contributed by atoms with van der Waals surface area (Å²) in [7, 11) is -0.532. The lowest BCUT2D eigenvalue weighted by molar-refractivity contribution is 0.0764. The molecule has 1 aliphatic heterocycles. The van der Waals surface area contributed by atoms with E-state index in [1.165, 1.54) is 25.3 Å². The van der Waals surface area contributed by atoms with E-state index in [-0.39, 0.29) is 24.7 Å². The van der Waals surface area contributed by atoms with Crippen LogP contribution in [0.15, 0.2) is 30.6 Å². The summed E-state index contributed by atoms with van der Waals surface area (Å²) in [6.45, 7) is 0.826. The molecule has 1 aliphatic rings. The lowest BCUT2D eigenvalue weighted by Gasteiger charge is -2.18. The maximum atomic E-state index is 12.7. The molecule has 0 aliphatic carbocycles.